The summed E-state index contributed by atoms with van der Waals surface area (Å²) in [6.07, 6.45) is 12.2. The molecule has 49 heavy (non-hydrogen) atoms. The minimum atomic E-state index is -5.85. The maximum Gasteiger partial charge on any atom is 0.534 e. The van der Waals surface area contributed by atoms with E-state index in [9.17, 15) is 35.5 Å². The first-order valence-corrected chi connectivity index (χ1v) is 18.8. The second kappa shape index (κ2) is 16.0. The molecule has 0 bridgehead atoms. The van der Waals surface area contributed by atoms with Crippen LogP contribution < -0.4 is 13.7 Å². The summed E-state index contributed by atoms with van der Waals surface area (Å²) >= 11 is 0. The summed E-state index contributed by atoms with van der Waals surface area (Å²) in [6.45, 7) is 6.75. The van der Waals surface area contributed by atoms with E-state index in [0.29, 0.717) is 30.7 Å². The summed E-state index contributed by atoms with van der Waals surface area (Å²) < 4.78 is 104. The Balaban J connectivity index is 0.000000199. The van der Waals surface area contributed by atoms with Crippen molar-refractivity contribution in [3.63, 3.8) is 0 Å². The van der Waals surface area contributed by atoms with Crippen LogP contribution in [0.3, 0.4) is 0 Å². The Morgan fingerprint density at radius 2 is 1.20 bits per heavy atom. The van der Waals surface area contributed by atoms with Gasteiger partial charge in [0, 0.05) is 35.3 Å². The first kappa shape index (κ1) is 37.4. The van der Waals surface area contributed by atoms with Gasteiger partial charge in [0.2, 0.25) is 0 Å². The van der Waals surface area contributed by atoms with E-state index in [2.05, 4.69) is 20.9 Å². The van der Waals surface area contributed by atoms with Gasteiger partial charge in [0.15, 0.2) is 23.1 Å². The number of fused-ring (bicyclic) bond motifs is 2. The van der Waals surface area contributed by atoms with Gasteiger partial charge in [0.25, 0.3) is 0 Å². The molecule has 1 N–H and O–H groups in total. The molecule has 2 saturated carbocycles. The highest BCUT2D eigenvalue weighted by Gasteiger charge is 2.49. The van der Waals surface area contributed by atoms with Crippen LogP contribution in [-0.4, -0.2) is 79.3 Å². The molecule has 0 saturated heterocycles. The molecular formula is C35H47F5N2O6S. The molecule has 2 aliphatic carbocycles. The standard InChI is InChI=1S/C18H23F4NO4S.C17H24FNO2/c1-2-9-23(12-5-3-4-6-12)13-10-14-16(27-28(24,25)18(20,21)22)8-7-15(19)17(14)26-11-13;1-2-9-19(12-5-3-4-6-12)13-10-14-16(20)8-7-15(18)17(14)21-11-13/h7-8,12-13H,2-6,9-11H2,1H3;7-8,12-13,20H,2-6,9-11H2,1H3/t2*13-/m11/s1. The molecule has 2 atom stereocenters. The first-order chi connectivity index (χ1) is 23.3. The van der Waals surface area contributed by atoms with Gasteiger partial charge in [-0.3, -0.25) is 9.80 Å². The number of hydrogen-bond acceptors (Lipinski definition) is 8. The molecule has 0 amide bonds. The molecule has 0 unspecified atom stereocenters. The van der Waals surface area contributed by atoms with Crippen LogP contribution in [0, 0.1) is 11.6 Å². The number of rotatable bonds is 10. The quantitative estimate of drug-likeness (QED) is 0.154. The normalized spacial score (nSPS) is 21.5. The van der Waals surface area contributed by atoms with E-state index in [0.717, 1.165) is 63.7 Å². The molecule has 2 aromatic carbocycles. The summed E-state index contributed by atoms with van der Waals surface area (Å²) in [5.41, 5.74) is -4.92. The fraction of sp³-hybridized carbons (Fsp3) is 0.657. The molecule has 0 spiro atoms. The lowest BCUT2D eigenvalue weighted by Crippen LogP contribution is -2.48. The summed E-state index contributed by atoms with van der Waals surface area (Å²) in [6, 6.07) is 5.48. The second-order valence-corrected chi connectivity index (χ2v) is 14.9. The van der Waals surface area contributed by atoms with Crippen LogP contribution in [-0.2, 0) is 23.0 Å². The Labute approximate surface area is 285 Å². The Hall–Kier alpha value is -2.84. The molecular weight excluding hydrogens is 671 g/mol. The number of halogens is 5. The van der Waals surface area contributed by atoms with Gasteiger partial charge in [0.05, 0.1) is 0 Å². The zero-order chi connectivity index (χ0) is 35.3. The van der Waals surface area contributed by atoms with E-state index in [1.54, 1.807) is 0 Å². The van der Waals surface area contributed by atoms with Crippen molar-refractivity contribution in [3.8, 4) is 23.0 Å². The SMILES string of the molecule is CCCN(C1CCCC1)[C@H]1COc2c(F)ccc(O)c2C1.CCCN(C1CCCC1)[C@H]1COc2c(F)ccc(OS(=O)(=O)C(F)(F)F)c2C1. The molecule has 4 aliphatic rings. The van der Waals surface area contributed by atoms with Crippen molar-refractivity contribution >= 4 is 10.1 Å². The highest BCUT2D eigenvalue weighted by Crippen LogP contribution is 2.40. The molecule has 8 nitrogen and oxygen atoms in total. The van der Waals surface area contributed by atoms with Crippen molar-refractivity contribution in [1.82, 2.24) is 9.80 Å². The van der Waals surface area contributed by atoms with Crippen LogP contribution in [0.15, 0.2) is 24.3 Å². The van der Waals surface area contributed by atoms with Crippen molar-refractivity contribution in [3.05, 3.63) is 47.0 Å². The number of phenolic OH excluding ortho intramolecular Hbond substituents is 1. The summed E-state index contributed by atoms with van der Waals surface area (Å²) in [5, 5.41) is 10.0. The molecule has 14 heteroatoms. The van der Waals surface area contributed by atoms with Gasteiger partial charge < -0.3 is 18.8 Å². The van der Waals surface area contributed by atoms with Gasteiger partial charge in [-0.1, -0.05) is 39.5 Å². The van der Waals surface area contributed by atoms with Gasteiger partial charge in [-0.15, -0.1) is 0 Å². The van der Waals surface area contributed by atoms with E-state index >= 15 is 0 Å². The lowest BCUT2D eigenvalue weighted by Gasteiger charge is -2.39. The summed E-state index contributed by atoms with van der Waals surface area (Å²) in [5.74, 6) is -1.51. The number of phenols is 1. The predicted molar refractivity (Wildman–Crippen MR) is 175 cm³/mol. The van der Waals surface area contributed by atoms with E-state index in [-0.39, 0.29) is 53.7 Å². The van der Waals surface area contributed by atoms with Crippen molar-refractivity contribution in [1.29, 1.82) is 0 Å². The molecule has 0 radical (unpaired) electrons. The molecule has 2 aromatic rings. The van der Waals surface area contributed by atoms with Crippen molar-refractivity contribution in [2.75, 3.05) is 26.3 Å². The second-order valence-electron chi connectivity index (χ2n) is 13.4. The van der Waals surface area contributed by atoms with E-state index in [4.69, 9.17) is 9.47 Å². The van der Waals surface area contributed by atoms with Crippen LogP contribution in [0.25, 0.3) is 0 Å². The predicted octanol–water partition coefficient (Wildman–Crippen LogP) is 7.50. The third-order valence-corrected chi connectivity index (χ3v) is 11.0. The maximum absolute atomic E-state index is 14.1. The Kier molecular flexibility index (Phi) is 12.2. The third kappa shape index (κ3) is 8.56. The van der Waals surface area contributed by atoms with E-state index in [1.165, 1.54) is 37.8 Å². The molecule has 274 valence electrons. The minimum absolute atomic E-state index is 0.0168. The van der Waals surface area contributed by atoms with Crippen molar-refractivity contribution in [2.45, 2.75) is 121 Å². The fourth-order valence-electron chi connectivity index (χ4n) is 7.81. The monoisotopic (exact) mass is 718 g/mol. The maximum atomic E-state index is 14.1. The average Bonchev–Trinajstić information content (AvgIpc) is 3.81. The fourth-order valence-corrected chi connectivity index (χ4v) is 8.29. The van der Waals surface area contributed by atoms with Crippen molar-refractivity contribution in [2.24, 2.45) is 0 Å². The Morgan fingerprint density at radius 1 is 0.755 bits per heavy atom. The minimum Gasteiger partial charge on any atom is -0.508 e. The van der Waals surface area contributed by atoms with Gasteiger partial charge in [-0.2, -0.15) is 21.6 Å². The summed E-state index contributed by atoms with van der Waals surface area (Å²) in [4.78, 5) is 4.78. The van der Waals surface area contributed by atoms with Crippen LogP contribution in [0.2, 0.25) is 0 Å². The van der Waals surface area contributed by atoms with Crippen molar-refractivity contribution < 1.29 is 49.1 Å². The number of aromatic hydroxyl groups is 1. The zero-order valence-electron chi connectivity index (χ0n) is 28.1. The largest absolute Gasteiger partial charge is 0.534 e. The lowest BCUT2D eigenvalue weighted by molar-refractivity contribution is -0.0500. The first-order valence-electron chi connectivity index (χ1n) is 17.4. The Bertz CT molecular complexity index is 1530. The highest BCUT2D eigenvalue weighted by atomic mass is 32.2. The number of benzene rings is 2. The lowest BCUT2D eigenvalue weighted by atomic mass is 9.98. The van der Waals surface area contributed by atoms with E-state index < -0.39 is 27.2 Å². The van der Waals surface area contributed by atoms with Crippen LogP contribution >= 0.6 is 0 Å². The van der Waals surface area contributed by atoms with Gasteiger partial charge in [-0.25, -0.2) is 8.78 Å². The van der Waals surface area contributed by atoms with Crippen LogP contribution in [0.1, 0.15) is 89.2 Å². The highest BCUT2D eigenvalue weighted by molar-refractivity contribution is 7.88. The number of ether oxygens (including phenoxy) is 2. The third-order valence-electron chi connectivity index (χ3n) is 10.0. The Morgan fingerprint density at radius 3 is 1.67 bits per heavy atom. The number of alkyl halides is 3. The molecule has 2 aliphatic heterocycles. The topological polar surface area (TPSA) is 88.5 Å². The average molecular weight is 719 g/mol. The summed E-state index contributed by atoms with van der Waals surface area (Å²) in [7, 11) is -5.85. The van der Waals surface area contributed by atoms with Gasteiger partial charge in [-0.05, 0) is 88.7 Å². The molecule has 0 aromatic heterocycles. The van der Waals surface area contributed by atoms with E-state index in [1.807, 2.05) is 6.92 Å². The van der Waals surface area contributed by atoms with Crippen LogP contribution in [0.5, 0.6) is 23.0 Å². The molecule has 2 fully saturated rings. The number of hydrogen-bond donors (Lipinski definition) is 1. The molecule has 6 rings (SSSR count). The molecule has 2 heterocycles. The van der Waals surface area contributed by atoms with Gasteiger partial charge in [0.1, 0.15) is 24.7 Å². The number of nitrogens with zero attached hydrogens (tertiary/aromatic N) is 2. The van der Waals surface area contributed by atoms with Gasteiger partial charge >= 0.3 is 15.6 Å². The zero-order valence-corrected chi connectivity index (χ0v) is 28.9. The smallest absolute Gasteiger partial charge is 0.508 e. The van der Waals surface area contributed by atoms with Crippen LogP contribution in [0.4, 0.5) is 22.0 Å².